The lowest BCUT2D eigenvalue weighted by molar-refractivity contribution is -0.143. The molecule has 13 heteroatoms. The Morgan fingerprint density at radius 1 is 0.857 bits per heavy atom. The number of nitrogens with one attached hydrogen (secondary N) is 3. The van der Waals surface area contributed by atoms with Crippen LogP contribution in [0.5, 0.6) is 0 Å². The van der Waals surface area contributed by atoms with Crippen molar-refractivity contribution < 1.29 is 34.2 Å². The molecular formula is C22H34N6O7. The molecule has 1 aromatic rings. The van der Waals surface area contributed by atoms with E-state index >= 15 is 0 Å². The second-order valence-corrected chi connectivity index (χ2v) is 7.96. The first-order valence-electron chi connectivity index (χ1n) is 11.1. The van der Waals surface area contributed by atoms with Crippen LogP contribution in [0.25, 0.3) is 0 Å². The van der Waals surface area contributed by atoms with Gasteiger partial charge in [-0.2, -0.15) is 0 Å². The van der Waals surface area contributed by atoms with Crippen molar-refractivity contribution in [2.24, 2.45) is 17.2 Å². The van der Waals surface area contributed by atoms with Crippen molar-refractivity contribution in [2.45, 2.75) is 56.3 Å². The van der Waals surface area contributed by atoms with Crippen LogP contribution < -0.4 is 33.2 Å². The van der Waals surface area contributed by atoms with Gasteiger partial charge in [-0.15, -0.1) is 0 Å². The Morgan fingerprint density at radius 2 is 1.43 bits per heavy atom. The Hall–Kier alpha value is -3.55. The Balaban J connectivity index is 2.81. The van der Waals surface area contributed by atoms with E-state index in [4.69, 9.17) is 17.2 Å². The molecule has 0 heterocycles. The maximum atomic E-state index is 12.7. The normalized spacial score (nSPS) is 14.1. The highest BCUT2D eigenvalue weighted by Crippen LogP contribution is 2.04. The van der Waals surface area contributed by atoms with Crippen LogP contribution in [0.3, 0.4) is 0 Å². The zero-order chi connectivity index (χ0) is 26.4. The molecule has 0 aliphatic carbocycles. The van der Waals surface area contributed by atoms with E-state index in [0.717, 1.165) is 5.56 Å². The number of carbonyl (C=O) groups is 5. The van der Waals surface area contributed by atoms with Crippen LogP contribution in [0.15, 0.2) is 30.3 Å². The monoisotopic (exact) mass is 494 g/mol. The summed E-state index contributed by atoms with van der Waals surface area (Å²) in [5.74, 6) is -4.85. The van der Waals surface area contributed by atoms with E-state index in [9.17, 15) is 34.2 Å². The zero-order valence-corrected chi connectivity index (χ0v) is 19.3. The number of primary amides is 1. The number of nitrogens with two attached hydrogens (primary N) is 3. The second kappa shape index (κ2) is 15.4. The van der Waals surface area contributed by atoms with Gasteiger partial charge in [-0.1, -0.05) is 30.3 Å². The van der Waals surface area contributed by atoms with E-state index in [1.165, 1.54) is 0 Å². The molecule has 1 rings (SSSR count). The summed E-state index contributed by atoms with van der Waals surface area (Å²) in [6.45, 7) is -0.505. The second-order valence-electron chi connectivity index (χ2n) is 7.96. The van der Waals surface area contributed by atoms with Gasteiger partial charge in [-0.3, -0.25) is 19.2 Å². The molecule has 0 spiro atoms. The summed E-state index contributed by atoms with van der Waals surface area (Å²) in [5, 5.41) is 25.6. The van der Waals surface area contributed by atoms with Gasteiger partial charge in [0.25, 0.3) is 0 Å². The highest BCUT2D eigenvalue weighted by Gasteiger charge is 2.30. The van der Waals surface area contributed by atoms with E-state index in [2.05, 4.69) is 16.0 Å². The summed E-state index contributed by atoms with van der Waals surface area (Å²) in [6, 6.07) is 3.59. The quantitative estimate of drug-likeness (QED) is 0.110. The van der Waals surface area contributed by atoms with Crippen LogP contribution in [0.1, 0.15) is 31.2 Å². The lowest BCUT2D eigenvalue weighted by Gasteiger charge is -2.24. The number of benzene rings is 1. The van der Waals surface area contributed by atoms with Gasteiger partial charge in [0.15, 0.2) is 0 Å². The molecule has 4 unspecified atom stereocenters. The predicted molar refractivity (Wildman–Crippen MR) is 125 cm³/mol. The van der Waals surface area contributed by atoms with E-state index in [0.29, 0.717) is 19.4 Å². The van der Waals surface area contributed by atoms with Gasteiger partial charge >= 0.3 is 5.97 Å². The number of aliphatic hydroxyl groups excluding tert-OH is 1. The average molecular weight is 495 g/mol. The molecule has 0 aliphatic heterocycles. The van der Waals surface area contributed by atoms with Crippen molar-refractivity contribution in [1.29, 1.82) is 0 Å². The number of rotatable bonds is 16. The lowest BCUT2D eigenvalue weighted by atomic mass is 10.0. The first-order chi connectivity index (χ1) is 16.6. The van der Waals surface area contributed by atoms with E-state index < -0.39 is 66.8 Å². The number of aliphatic carboxylic acids is 1. The van der Waals surface area contributed by atoms with Crippen LogP contribution >= 0.6 is 0 Å². The molecular weight excluding hydrogens is 460 g/mol. The standard InChI is InChI=1S/C22H34N6O7/c23-9-5-4-8-15(22(34)35)26-21(33)17(12-29)28-20(32)16(11-18(25)30)27-19(31)14(24)10-13-6-2-1-3-7-13/h1-3,6-7,14-17,29H,4-5,8-12,23-24H2,(H2,25,30)(H,26,33)(H,27,31)(H,28,32)(H,34,35). The third-order valence-electron chi connectivity index (χ3n) is 5.05. The van der Waals surface area contributed by atoms with E-state index in [-0.39, 0.29) is 12.8 Å². The van der Waals surface area contributed by atoms with Crippen LogP contribution in [-0.2, 0) is 30.4 Å². The first-order valence-corrected chi connectivity index (χ1v) is 11.1. The number of carboxylic acid groups (broad SMARTS) is 1. The maximum absolute atomic E-state index is 12.7. The minimum Gasteiger partial charge on any atom is -0.480 e. The third kappa shape index (κ3) is 10.9. The molecule has 1 aromatic carbocycles. The molecule has 0 radical (unpaired) electrons. The molecule has 0 fully saturated rings. The first kappa shape index (κ1) is 29.5. The fourth-order valence-electron chi connectivity index (χ4n) is 3.14. The van der Waals surface area contributed by atoms with Crippen LogP contribution in [0, 0.1) is 0 Å². The van der Waals surface area contributed by atoms with Gasteiger partial charge in [0.1, 0.15) is 18.1 Å². The SMILES string of the molecule is NCCCCC(NC(=O)C(CO)NC(=O)C(CC(N)=O)NC(=O)C(N)Cc1ccccc1)C(=O)O. The van der Waals surface area contributed by atoms with Gasteiger partial charge in [0, 0.05) is 0 Å². The van der Waals surface area contributed by atoms with Crippen molar-refractivity contribution in [3.63, 3.8) is 0 Å². The number of carboxylic acids is 1. The van der Waals surface area contributed by atoms with Gasteiger partial charge in [-0.05, 0) is 37.8 Å². The lowest BCUT2D eigenvalue weighted by Crippen LogP contribution is -2.58. The number of hydrogen-bond donors (Lipinski definition) is 8. The molecule has 35 heavy (non-hydrogen) atoms. The Morgan fingerprint density at radius 3 is 1.97 bits per heavy atom. The molecule has 0 saturated carbocycles. The van der Waals surface area contributed by atoms with E-state index in [1.54, 1.807) is 30.3 Å². The smallest absolute Gasteiger partial charge is 0.326 e. The fourth-order valence-corrected chi connectivity index (χ4v) is 3.14. The van der Waals surface area contributed by atoms with Crippen molar-refractivity contribution in [3.8, 4) is 0 Å². The minimum atomic E-state index is -1.54. The Kier molecular flexibility index (Phi) is 12.9. The fraction of sp³-hybridized carbons (Fsp3) is 0.500. The largest absolute Gasteiger partial charge is 0.480 e. The van der Waals surface area contributed by atoms with Gasteiger partial charge in [0.05, 0.1) is 19.1 Å². The number of carbonyl (C=O) groups excluding carboxylic acids is 4. The Labute approximate surface area is 202 Å². The van der Waals surface area contributed by atoms with Gasteiger partial charge in [-0.25, -0.2) is 4.79 Å². The number of unbranched alkanes of at least 4 members (excludes halogenated alkanes) is 1. The summed E-state index contributed by atoms with van der Waals surface area (Å²) in [6.07, 6.45) is 0.677. The number of aliphatic hydroxyl groups is 1. The zero-order valence-electron chi connectivity index (χ0n) is 19.3. The van der Waals surface area contributed by atoms with Crippen LogP contribution in [0.4, 0.5) is 0 Å². The van der Waals surface area contributed by atoms with E-state index in [1.807, 2.05) is 0 Å². The molecule has 0 aliphatic rings. The topological polar surface area (TPSA) is 240 Å². The van der Waals surface area contributed by atoms with Crippen molar-refractivity contribution in [3.05, 3.63) is 35.9 Å². The summed E-state index contributed by atoms with van der Waals surface area (Å²) in [5.41, 5.74) is 17.3. The summed E-state index contributed by atoms with van der Waals surface area (Å²) >= 11 is 0. The molecule has 4 amide bonds. The summed E-state index contributed by atoms with van der Waals surface area (Å²) in [4.78, 5) is 60.5. The summed E-state index contributed by atoms with van der Waals surface area (Å²) < 4.78 is 0. The highest BCUT2D eigenvalue weighted by molar-refractivity contribution is 5.96. The predicted octanol–water partition coefficient (Wildman–Crippen LogP) is -2.91. The highest BCUT2D eigenvalue weighted by atomic mass is 16.4. The molecule has 4 atom stereocenters. The minimum absolute atomic E-state index is 0.101. The van der Waals surface area contributed by atoms with Crippen LogP contribution in [-0.4, -0.2) is 77.1 Å². The maximum Gasteiger partial charge on any atom is 0.326 e. The molecule has 0 saturated heterocycles. The third-order valence-corrected chi connectivity index (χ3v) is 5.05. The van der Waals surface area contributed by atoms with Gasteiger partial charge < -0.3 is 43.4 Å². The molecule has 194 valence electrons. The van der Waals surface area contributed by atoms with Crippen molar-refractivity contribution >= 4 is 29.6 Å². The summed E-state index contributed by atoms with van der Waals surface area (Å²) in [7, 11) is 0. The van der Waals surface area contributed by atoms with Crippen molar-refractivity contribution in [1.82, 2.24) is 16.0 Å². The van der Waals surface area contributed by atoms with Gasteiger partial charge in [0.2, 0.25) is 23.6 Å². The average Bonchev–Trinajstić information content (AvgIpc) is 2.81. The molecule has 0 aromatic heterocycles. The van der Waals surface area contributed by atoms with Crippen LogP contribution in [0.2, 0.25) is 0 Å². The molecule has 0 bridgehead atoms. The number of hydrogen-bond acceptors (Lipinski definition) is 8. The molecule has 13 nitrogen and oxygen atoms in total. The molecule has 11 N–H and O–H groups in total. The number of amides is 4. The Bertz CT molecular complexity index is 867. The van der Waals surface area contributed by atoms with Crippen molar-refractivity contribution in [2.75, 3.05) is 13.2 Å².